The van der Waals surface area contributed by atoms with Gasteiger partial charge in [-0.15, -0.1) is 0 Å². The number of Topliss-reactive ketones (excluding diaryl/α,β-unsaturated/α-hetero) is 1. The van der Waals surface area contributed by atoms with Gasteiger partial charge in [0.1, 0.15) is 5.82 Å². The van der Waals surface area contributed by atoms with E-state index in [9.17, 15) is 4.79 Å². The predicted octanol–water partition coefficient (Wildman–Crippen LogP) is 2.18. The minimum absolute atomic E-state index is 0.272. The summed E-state index contributed by atoms with van der Waals surface area (Å²) in [6, 6.07) is 13.9. The number of anilines is 1. The van der Waals surface area contributed by atoms with E-state index in [4.69, 9.17) is 0 Å². The zero-order valence-electron chi connectivity index (χ0n) is 11.4. The van der Waals surface area contributed by atoms with E-state index in [1.54, 1.807) is 10.7 Å². The fourth-order valence-electron chi connectivity index (χ4n) is 2.70. The Kier molecular flexibility index (Phi) is 2.70. The number of carbonyl (C=O) groups excluding carboxylic acids is 1. The maximum absolute atomic E-state index is 11.6. The van der Waals surface area contributed by atoms with Crippen molar-refractivity contribution in [3.05, 3.63) is 48.7 Å². The van der Waals surface area contributed by atoms with Crippen molar-refractivity contribution in [1.82, 2.24) is 14.6 Å². The van der Waals surface area contributed by atoms with E-state index in [-0.39, 0.29) is 5.78 Å². The molecule has 21 heavy (non-hydrogen) atoms. The summed E-state index contributed by atoms with van der Waals surface area (Å²) < 4.78 is 1.80. The first-order valence-corrected chi connectivity index (χ1v) is 6.98. The summed E-state index contributed by atoms with van der Waals surface area (Å²) in [4.78, 5) is 18.3. The molecule has 4 rings (SSSR count). The Balaban J connectivity index is 1.89. The van der Waals surface area contributed by atoms with Crippen molar-refractivity contribution in [1.29, 1.82) is 0 Å². The number of rotatable bonds is 2. The van der Waals surface area contributed by atoms with Gasteiger partial charge in [0.25, 0.3) is 0 Å². The first-order valence-electron chi connectivity index (χ1n) is 6.98. The van der Waals surface area contributed by atoms with Gasteiger partial charge in [-0.2, -0.15) is 9.61 Å². The molecule has 0 bridgehead atoms. The molecule has 1 fully saturated rings. The van der Waals surface area contributed by atoms with Crippen LogP contribution in [0.2, 0.25) is 0 Å². The summed E-state index contributed by atoms with van der Waals surface area (Å²) in [6.07, 6.45) is 2.34. The number of nitrogens with zero attached hydrogens (tertiary/aromatic N) is 4. The van der Waals surface area contributed by atoms with E-state index in [1.807, 2.05) is 42.5 Å². The van der Waals surface area contributed by atoms with E-state index in [2.05, 4.69) is 15.0 Å². The quantitative estimate of drug-likeness (QED) is 0.721. The molecule has 0 saturated carbocycles. The molecule has 1 saturated heterocycles. The zero-order valence-corrected chi connectivity index (χ0v) is 11.4. The second kappa shape index (κ2) is 4.70. The van der Waals surface area contributed by atoms with E-state index in [0.29, 0.717) is 13.0 Å². The monoisotopic (exact) mass is 278 g/mol. The molecular formula is C16H14N4O. The van der Waals surface area contributed by atoms with Crippen LogP contribution in [0.15, 0.2) is 48.7 Å². The maximum atomic E-state index is 11.6. The molecule has 0 amide bonds. The SMILES string of the molecule is O=C1CCN(c2cc(-c3ccccc3)nc3ccnn23)C1. The minimum Gasteiger partial charge on any atom is -0.349 e. The third-order valence-corrected chi connectivity index (χ3v) is 3.76. The number of hydrogen-bond donors (Lipinski definition) is 0. The molecule has 0 unspecified atom stereocenters. The molecular weight excluding hydrogens is 264 g/mol. The van der Waals surface area contributed by atoms with E-state index in [1.165, 1.54) is 0 Å². The van der Waals surface area contributed by atoms with E-state index in [0.717, 1.165) is 29.3 Å². The van der Waals surface area contributed by atoms with Gasteiger partial charge in [-0.1, -0.05) is 30.3 Å². The van der Waals surface area contributed by atoms with Gasteiger partial charge >= 0.3 is 0 Å². The fourth-order valence-corrected chi connectivity index (χ4v) is 2.70. The smallest absolute Gasteiger partial charge is 0.157 e. The van der Waals surface area contributed by atoms with Crippen LogP contribution in [-0.4, -0.2) is 33.5 Å². The molecule has 1 aromatic carbocycles. The standard InChI is InChI=1S/C16H14N4O/c21-13-7-9-19(11-13)16-10-14(12-4-2-1-3-5-12)18-15-6-8-17-20(15)16/h1-6,8,10H,7,9,11H2. The van der Waals surface area contributed by atoms with Crippen LogP contribution in [0.4, 0.5) is 5.82 Å². The van der Waals surface area contributed by atoms with Gasteiger partial charge in [0.05, 0.1) is 18.4 Å². The highest BCUT2D eigenvalue weighted by atomic mass is 16.1. The Bertz CT molecular complexity index is 810. The lowest BCUT2D eigenvalue weighted by Crippen LogP contribution is -2.22. The highest BCUT2D eigenvalue weighted by Crippen LogP contribution is 2.25. The predicted molar refractivity (Wildman–Crippen MR) is 80.3 cm³/mol. The highest BCUT2D eigenvalue weighted by Gasteiger charge is 2.22. The lowest BCUT2D eigenvalue weighted by Gasteiger charge is -2.18. The summed E-state index contributed by atoms with van der Waals surface area (Å²) in [7, 11) is 0. The van der Waals surface area contributed by atoms with Gasteiger partial charge < -0.3 is 4.90 Å². The molecule has 5 heteroatoms. The van der Waals surface area contributed by atoms with Crippen LogP contribution in [0.3, 0.4) is 0 Å². The van der Waals surface area contributed by atoms with Crippen LogP contribution in [0.1, 0.15) is 6.42 Å². The Hall–Kier alpha value is -2.69. The highest BCUT2D eigenvalue weighted by molar-refractivity contribution is 5.87. The molecule has 1 aliphatic heterocycles. The Morgan fingerprint density at radius 2 is 1.95 bits per heavy atom. The fraction of sp³-hybridized carbons (Fsp3) is 0.188. The lowest BCUT2D eigenvalue weighted by atomic mass is 10.1. The Morgan fingerprint density at radius 1 is 1.10 bits per heavy atom. The molecule has 0 radical (unpaired) electrons. The Morgan fingerprint density at radius 3 is 2.71 bits per heavy atom. The van der Waals surface area contributed by atoms with Crippen LogP contribution in [0.25, 0.3) is 16.9 Å². The summed E-state index contributed by atoms with van der Waals surface area (Å²) in [6.45, 7) is 1.19. The zero-order chi connectivity index (χ0) is 14.2. The largest absolute Gasteiger partial charge is 0.349 e. The number of fused-ring (bicyclic) bond motifs is 1. The maximum Gasteiger partial charge on any atom is 0.157 e. The molecule has 0 atom stereocenters. The third kappa shape index (κ3) is 2.07. The summed E-state index contributed by atoms with van der Waals surface area (Å²) >= 11 is 0. The van der Waals surface area contributed by atoms with Crippen molar-refractivity contribution in [2.24, 2.45) is 0 Å². The van der Waals surface area contributed by atoms with E-state index < -0.39 is 0 Å². The average molecular weight is 278 g/mol. The van der Waals surface area contributed by atoms with Crippen molar-refractivity contribution >= 4 is 17.2 Å². The molecule has 104 valence electrons. The van der Waals surface area contributed by atoms with Crippen LogP contribution in [-0.2, 0) is 4.79 Å². The van der Waals surface area contributed by atoms with Crippen molar-refractivity contribution in [3.63, 3.8) is 0 Å². The van der Waals surface area contributed by atoms with Gasteiger partial charge in [-0.05, 0) is 0 Å². The second-order valence-electron chi connectivity index (χ2n) is 5.18. The van der Waals surface area contributed by atoms with Crippen molar-refractivity contribution in [3.8, 4) is 11.3 Å². The lowest BCUT2D eigenvalue weighted by molar-refractivity contribution is -0.116. The first-order chi connectivity index (χ1) is 10.3. The normalized spacial score (nSPS) is 15.0. The average Bonchev–Trinajstić information content (AvgIpc) is 3.15. The molecule has 3 heterocycles. The van der Waals surface area contributed by atoms with Crippen LogP contribution in [0.5, 0.6) is 0 Å². The van der Waals surface area contributed by atoms with Crippen LogP contribution < -0.4 is 4.90 Å². The molecule has 1 aliphatic rings. The van der Waals surface area contributed by atoms with Gasteiger partial charge in [0.15, 0.2) is 11.4 Å². The molecule has 0 aliphatic carbocycles. The van der Waals surface area contributed by atoms with Crippen LogP contribution >= 0.6 is 0 Å². The summed E-state index contributed by atoms with van der Waals surface area (Å²) in [5.41, 5.74) is 2.76. The molecule has 2 aromatic heterocycles. The van der Waals surface area contributed by atoms with Gasteiger partial charge in [-0.3, -0.25) is 4.79 Å². The second-order valence-corrected chi connectivity index (χ2v) is 5.18. The van der Waals surface area contributed by atoms with Gasteiger partial charge in [-0.25, -0.2) is 4.98 Å². The third-order valence-electron chi connectivity index (χ3n) is 3.76. The van der Waals surface area contributed by atoms with Gasteiger partial charge in [0.2, 0.25) is 0 Å². The first kappa shape index (κ1) is 12.1. The molecule has 0 spiro atoms. The Labute approximate surface area is 121 Å². The molecule has 0 N–H and O–H groups in total. The number of carbonyl (C=O) groups is 1. The van der Waals surface area contributed by atoms with Crippen molar-refractivity contribution < 1.29 is 4.79 Å². The summed E-state index contributed by atoms with van der Waals surface area (Å²) in [5.74, 6) is 1.20. The van der Waals surface area contributed by atoms with Crippen LogP contribution in [0, 0.1) is 0 Å². The van der Waals surface area contributed by atoms with E-state index >= 15 is 0 Å². The topological polar surface area (TPSA) is 50.5 Å². The van der Waals surface area contributed by atoms with Crippen molar-refractivity contribution in [2.45, 2.75) is 6.42 Å². The number of benzene rings is 1. The summed E-state index contributed by atoms with van der Waals surface area (Å²) in [5, 5.41) is 4.32. The number of hydrogen-bond acceptors (Lipinski definition) is 4. The molecule has 3 aromatic rings. The minimum atomic E-state index is 0.272. The molecule has 5 nitrogen and oxygen atoms in total. The number of aromatic nitrogens is 3. The van der Waals surface area contributed by atoms with Crippen molar-refractivity contribution in [2.75, 3.05) is 18.0 Å². The van der Waals surface area contributed by atoms with Gasteiger partial charge in [0, 0.05) is 30.7 Å². The number of ketones is 1.